The van der Waals surface area contributed by atoms with Crippen LogP contribution in [0.3, 0.4) is 0 Å². The van der Waals surface area contributed by atoms with Gasteiger partial charge in [-0.05, 0) is 38.5 Å². The molecule has 0 unspecified atom stereocenters. The van der Waals surface area contributed by atoms with Crippen LogP contribution in [0.5, 0.6) is 0 Å². The number of carbonyl (C=O) groups is 1. The molecule has 0 fully saturated rings. The first-order chi connectivity index (χ1) is 11.2. The maximum absolute atomic E-state index is 10.3. The van der Waals surface area contributed by atoms with Gasteiger partial charge in [0.05, 0.1) is 6.10 Å². The summed E-state index contributed by atoms with van der Waals surface area (Å²) >= 11 is 0. The standard InChI is InChI=1S/C20H30O3/c1-2-3-4-5-10-13-16-19(21)17-14-11-8-6-7-9-12-15-18-20(22)23/h3-4,7-11,13-14,17,19,21H,2,5-6,12,15-16,18H2,1H3,(H,22,23)/b4-3+,9-7-,11-8-,13-10-,17-14+/t19-/m1/s1. The number of carboxylic acids is 1. The Hall–Kier alpha value is -1.87. The average molecular weight is 318 g/mol. The summed E-state index contributed by atoms with van der Waals surface area (Å²) in [6.45, 7) is 2.11. The SMILES string of the molecule is CC/C=C/C/C=C\C[C@@H](O)/C=C/C=C\C/C=C\CCCC(=O)O. The van der Waals surface area contributed by atoms with Gasteiger partial charge in [-0.25, -0.2) is 0 Å². The highest BCUT2D eigenvalue weighted by Crippen LogP contribution is 2.00. The van der Waals surface area contributed by atoms with Gasteiger partial charge in [0.2, 0.25) is 0 Å². The molecule has 0 saturated heterocycles. The lowest BCUT2D eigenvalue weighted by Crippen LogP contribution is -1.98. The lowest BCUT2D eigenvalue weighted by molar-refractivity contribution is -0.137. The second-order valence-corrected chi connectivity index (χ2v) is 5.20. The Kier molecular flexibility index (Phi) is 15.2. The van der Waals surface area contributed by atoms with Crippen LogP contribution in [-0.4, -0.2) is 22.3 Å². The van der Waals surface area contributed by atoms with Crippen molar-refractivity contribution >= 4 is 5.97 Å². The maximum atomic E-state index is 10.3. The fraction of sp³-hybridized carbons (Fsp3) is 0.450. The summed E-state index contributed by atoms with van der Waals surface area (Å²) in [6.07, 6.45) is 24.6. The van der Waals surface area contributed by atoms with Crippen LogP contribution < -0.4 is 0 Å². The Bertz CT molecular complexity index is 428. The Balaban J connectivity index is 3.68. The number of aliphatic carboxylic acids is 1. The molecule has 23 heavy (non-hydrogen) atoms. The molecule has 0 aliphatic heterocycles. The monoisotopic (exact) mass is 318 g/mol. The van der Waals surface area contributed by atoms with Crippen molar-refractivity contribution in [2.24, 2.45) is 0 Å². The molecule has 3 heteroatoms. The zero-order valence-electron chi connectivity index (χ0n) is 14.1. The van der Waals surface area contributed by atoms with Gasteiger partial charge in [0.1, 0.15) is 0 Å². The zero-order valence-corrected chi connectivity index (χ0v) is 14.1. The quantitative estimate of drug-likeness (QED) is 0.286. The van der Waals surface area contributed by atoms with Crippen molar-refractivity contribution in [3.8, 4) is 0 Å². The van der Waals surface area contributed by atoms with Crippen LogP contribution in [0.1, 0.15) is 51.9 Å². The van der Waals surface area contributed by atoms with Gasteiger partial charge in [-0.2, -0.15) is 0 Å². The van der Waals surface area contributed by atoms with Gasteiger partial charge in [-0.1, -0.05) is 67.7 Å². The van der Waals surface area contributed by atoms with Crippen molar-refractivity contribution in [3.63, 3.8) is 0 Å². The molecule has 0 rings (SSSR count). The molecule has 0 heterocycles. The summed E-state index contributed by atoms with van der Waals surface area (Å²) < 4.78 is 0. The molecule has 0 spiro atoms. The number of hydrogen-bond donors (Lipinski definition) is 2. The molecule has 0 aromatic rings. The Morgan fingerprint density at radius 1 is 0.957 bits per heavy atom. The molecule has 0 aliphatic rings. The van der Waals surface area contributed by atoms with E-state index < -0.39 is 12.1 Å². The van der Waals surface area contributed by atoms with Gasteiger partial charge < -0.3 is 10.2 Å². The van der Waals surface area contributed by atoms with Crippen LogP contribution >= 0.6 is 0 Å². The lowest BCUT2D eigenvalue weighted by Gasteiger charge is -1.98. The fourth-order valence-electron chi connectivity index (χ4n) is 1.77. The van der Waals surface area contributed by atoms with Gasteiger partial charge in [0.25, 0.3) is 0 Å². The molecule has 0 amide bonds. The van der Waals surface area contributed by atoms with Gasteiger partial charge in [0.15, 0.2) is 0 Å². The van der Waals surface area contributed by atoms with E-state index in [1.165, 1.54) is 0 Å². The molecule has 0 radical (unpaired) electrons. The van der Waals surface area contributed by atoms with Crippen molar-refractivity contribution in [1.29, 1.82) is 0 Å². The van der Waals surface area contributed by atoms with E-state index in [4.69, 9.17) is 5.11 Å². The summed E-state index contributed by atoms with van der Waals surface area (Å²) in [5.74, 6) is -0.741. The molecule has 3 nitrogen and oxygen atoms in total. The van der Waals surface area contributed by atoms with Crippen LogP contribution in [0, 0.1) is 0 Å². The smallest absolute Gasteiger partial charge is 0.303 e. The molecule has 2 N–H and O–H groups in total. The van der Waals surface area contributed by atoms with E-state index in [0.717, 1.165) is 25.7 Å². The fourth-order valence-corrected chi connectivity index (χ4v) is 1.77. The largest absolute Gasteiger partial charge is 0.481 e. The summed E-state index contributed by atoms with van der Waals surface area (Å²) in [7, 11) is 0. The van der Waals surface area contributed by atoms with Gasteiger partial charge >= 0.3 is 5.97 Å². The first kappa shape index (κ1) is 21.1. The van der Waals surface area contributed by atoms with Crippen molar-refractivity contribution in [2.75, 3.05) is 0 Å². The maximum Gasteiger partial charge on any atom is 0.303 e. The number of aliphatic hydroxyl groups is 1. The number of hydrogen-bond acceptors (Lipinski definition) is 2. The number of rotatable bonds is 13. The van der Waals surface area contributed by atoms with Crippen LogP contribution in [0.2, 0.25) is 0 Å². The molecule has 0 aromatic carbocycles. The van der Waals surface area contributed by atoms with E-state index >= 15 is 0 Å². The highest BCUT2D eigenvalue weighted by Gasteiger charge is 1.93. The number of unbranched alkanes of at least 4 members (excludes halogenated alkanes) is 1. The van der Waals surface area contributed by atoms with Crippen molar-refractivity contribution in [1.82, 2.24) is 0 Å². The Morgan fingerprint density at radius 3 is 2.39 bits per heavy atom. The van der Waals surface area contributed by atoms with Gasteiger partial charge in [-0.15, -0.1) is 0 Å². The summed E-state index contributed by atoms with van der Waals surface area (Å²) in [4.78, 5) is 10.3. The van der Waals surface area contributed by atoms with Crippen molar-refractivity contribution < 1.29 is 15.0 Å². The van der Waals surface area contributed by atoms with Crippen LogP contribution in [0.25, 0.3) is 0 Å². The van der Waals surface area contributed by atoms with E-state index in [0.29, 0.717) is 12.8 Å². The van der Waals surface area contributed by atoms with Crippen molar-refractivity contribution in [3.05, 3.63) is 60.8 Å². The predicted molar refractivity (Wildman–Crippen MR) is 97.3 cm³/mol. The Labute approximate surface area is 140 Å². The number of aliphatic hydroxyl groups excluding tert-OH is 1. The van der Waals surface area contributed by atoms with Gasteiger partial charge in [0, 0.05) is 6.42 Å². The average Bonchev–Trinajstić information content (AvgIpc) is 2.52. The van der Waals surface area contributed by atoms with Crippen molar-refractivity contribution in [2.45, 2.75) is 58.0 Å². The normalized spacial score (nSPS) is 14.2. The third kappa shape index (κ3) is 18.1. The van der Waals surface area contributed by atoms with E-state index in [2.05, 4.69) is 25.2 Å². The molecule has 0 aliphatic carbocycles. The van der Waals surface area contributed by atoms with E-state index in [9.17, 15) is 9.90 Å². The van der Waals surface area contributed by atoms with E-state index in [1.807, 2.05) is 36.5 Å². The summed E-state index contributed by atoms with van der Waals surface area (Å²) in [5.41, 5.74) is 0. The number of carboxylic acid groups (broad SMARTS) is 1. The molecule has 0 bridgehead atoms. The first-order valence-corrected chi connectivity index (χ1v) is 8.35. The summed E-state index contributed by atoms with van der Waals surface area (Å²) in [6, 6.07) is 0. The third-order valence-corrected chi connectivity index (χ3v) is 3.00. The highest BCUT2D eigenvalue weighted by molar-refractivity contribution is 5.66. The van der Waals surface area contributed by atoms with E-state index in [-0.39, 0.29) is 6.42 Å². The molecule has 0 saturated carbocycles. The molecule has 128 valence electrons. The van der Waals surface area contributed by atoms with Crippen LogP contribution in [0.4, 0.5) is 0 Å². The highest BCUT2D eigenvalue weighted by atomic mass is 16.4. The summed E-state index contributed by atoms with van der Waals surface area (Å²) in [5, 5.41) is 18.2. The second-order valence-electron chi connectivity index (χ2n) is 5.20. The van der Waals surface area contributed by atoms with Crippen LogP contribution in [-0.2, 0) is 4.79 Å². The topological polar surface area (TPSA) is 57.5 Å². The minimum atomic E-state index is -0.741. The lowest BCUT2D eigenvalue weighted by atomic mass is 10.2. The second kappa shape index (κ2) is 16.5. The minimum absolute atomic E-state index is 0.226. The number of allylic oxidation sites excluding steroid dienone is 8. The molecule has 0 aromatic heterocycles. The molecule has 1 atom stereocenters. The third-order valence-electron chi connectivity index (χ3n) is 3.00. The first-order valence-electron chi connectivity index (χ1n) is 8.35. The van der Waals surface area contributed by atoms with Crippen LogP contribution in [0.15, 0.2) is 60.8 Å². The molecular weight excluding hydrogens is 288 g/mol. The minimum Gasteiger partial charge on any atom is -0.481 e. The van der Waals surface area contributed by atoms with E-state index in [1.54, 1.807) is 6.08 Å². The van der Waals surface area contributed by atoms with Gasteiger partial charge in [-0.3, -0.25) is 4.79 Å². The predicted octanol–water partition coefficient (Wildman–Crippen LogP) is 4.96. The zero-order chi connectivity index (χ0) is 17.2. The Morgan fingerprint density at radius 2 is 1.65 bits per heavy atom. The molecular formula is C20H30O3.